The van der Waals surface area contributed by atoms with Gasteiger partial charge in [-0.1, -0.05) is 13.8 Å². The Labute approximate surface area is 153 Å². The molecule has 144 valence electrons. The van der Waals surface area contributed by atoms with E-state index in [1.165, 1.54) is 0 Å². The minimum atomic E-state index is -1.68. The van der Waals surface area contributed by atoms with Crippen LogP contribution >= 0.6 is 12.6 Å². The standard InChI is InChI=1S/C16H29N3O5S/c1-9(2)8-19(24)15(23)11(20)7-12(21)18-13(16(3,4)25)14(22)17-10-5-6-10/h9-11,13,20,24-25H,5-8H2,1-4H3,(H,17,22)(H,18,21)/t11-,13-/m0/s1. The zero-order valence-electron chi connectivity index (χ0n) is 15.2. The van der Waals surface area contributed by atoms with E-state index in [0.717, 1.165) is 12.8 Å². The minimum absolute atomic E-state index is 0.00968. The first kappa shape index (κ1) is 21.7. The van der Waals surface area contributed by atoms with Gasteiger partial charge in [-0.2, -0.15) is 12.6 Å². The predicted octanol–water partition coefficient (Wildman–Crippen LogP) is 0.0830. The van der Waals surface area contributed by atoms with Crippen LogP contribution in [0.4, 0.5) is 0 Å². The van der Waals surface area contributed by atoms with Crippen molar-refractivity contribution in [3.63, 3.8) is 0 Å². The van der Waals surface area contributed by atoms with Gasteiger partial charge in [0.2, 0.25) is 11.8 Å². The lowest BCUT2D eigenvalue weighted by Gasteiger charge is -2.30. The van der Waals surface area contributed by atoms with Crippen LogP contribution < -0.4 is 10.6 Å². The molecule has 4 N–H and O–H groups in total. The smallest absolute Gasteiger partial charge is 0.275 e. The molecule has 0 saturated heterocycles. The molecular formula is C16H29N3O5S. The number of rotatable bonds is 9. The second kappa shape index (κ2) is 8.86. The van der Waals surface area contributed by atoms with Crippen molar-refractivity contribution in [2.75, 3.05) is 6.54 Å². The quantitative estimate of drug-likeness (QED) is 0.222. The van der Waals surface area contributed by atoms with Crippen molar-refractivity contribution in [1.29, 1.82) is 0 Å². The molecule has 0 aromatic rings. The fourth-order valence-corrected chi connectivity index (χ4v) is 2.35. The van der Waals surface area contributed by atoms with Gasteiger partial charge in [0, 0.05) is 10.8 Å². The van der Waals surface area contributed by atoms with E-state index >= 15 is 0 Å². The van der Waals surface area contributed by atoms with Gasteiger partial charge in [0.05, 0.1) is 13.0 Å². The second-order valence-electron chi connectivity index (χ2n) is 7.47. The lowest BCUT2D eigenvalue weighted by atomic mass is 10.0. The zero-order chi connectivity index (χ0) is 19.4. The van der Waals surface area contributed by atoms with Crippen LogP contribution in [0.1, 0.15) is 47.0 Å². The molecule has 0 unspecified atom stereocenters. The van der Waals surface area contributed by atoms with Gasteiger partial charge in [-0.15, -0.1) is 0 Å². The van der Waals surface area contributed by atoms with Gasteiger partial charge in [-0.05, 0) is 32.6 Å². The molecule has 9 heteroatoms. The van der Waals surface area contributed by atoms with Crippen LogP contribution in [0.15, 0.2) is 0 Å². The third-order valence-electron chi connectivity index (χ3n) is 3.65. The molecule has 1 aliphatic carbocycles. The van der Waals surface area contributed by atoms with E-state index in [1.54, 1.807) is 27.7 Å². The SMILES string of the molecule is CC(C)CN(O)C(=O)[C@@H](O)CC(=O)N[C@@H](C(=O)NC1CC1)C(C)(C)S. The molecular weight excluding hydrogens is 346 g/mol. The van der Waals surface area contributed by atoms with Gasteiger partial charge in [0.25, 0.3) is 5.91 Å². The van der Waals surface area contributed by atoms with E-state index in [-0.39, 0.29) is 24.4 Å². The van der Waals surface area contributed by atoms with E-state index in [9.17, 15) is 24.7 Å². The molecule has 0 aromatic carbocycles. The number of aliphatic hydroxyl groups excluding tert-OH is 1. The first-order valence-corrected chi connectivity index (χ1v) is 8.87. The van der Waals surface area contributed by atoms with Crippen LogP contribution in [-0.4, -0.2) is 62.6 Å². The summed E-state index contributed by atoms with van der Waals surface area (Å²) >= 11 is 4.35. The highest BCUT2D eigenvalue weighted by atomic mass is 32.1. The summed E-state index contributed by atoms with van der Waals surface area (Å²) in [6.45, 7) is 7.02. The highest BCUT2D eigenvalue weighted by Gasteiger charge is 2.37. The predicted molar refractivity (Wildman–Crippen MR) is 95.1 cm³/mol. The van der Waals surface area contributed by atoms with E-state index in [4.69, 9.17) is 0 Å². The molecule has 3 amide bonds. The number of nitrogens with zero attached hydrogens (tertiary/aromatic N) is 1. The highest BCUT2D eigenvalue weighted by Crippen LogP contribution is 2.22. The summed E-state index contributed by atoms with van der Waals surface area (Å²) < 4.78 is -0.829. The summed E-state index contributed by atoms with van der Waals surface area (Å²) in [5.41, 5.74) is 0. The average molecular weight is 375 g/mol. The molecule has 0 aromatic heterocycles. The Bertz CT molecular complexity index is 502. The Hall–Kier alpha value is -1.32. The number of carbonyl (C=O) groups is 3. The third-order valence-corrected chi connectivity index (χ3v) is 3.91. The summed E-state index contributed by atoms with van der Waals surface area (Å²) in [5, 5.41) is 25.2. The number of hydrogen-bond acceptors (Lipinski definition) is 6. The molecule has 25 heavy (non-hydrogen) atoms. The van der Waals surface area contributed by atoms with Crippen LogP contribution in [0.3, 0.4) is 0 Å². The molecule has 0 heterocycles. The molecule has 8 nitrogen and oxygen atoms in total. The Morgan fingerprint density at radius 1 is 1.28 bits per heavy atom. The number of hydrogen-bond donors (Lipinski definition) is 5. The summed E-state index contributed by atoms with van der Waals surface area (Å²) in [5.74, 6) is -1.96. The Morgan fingerprint density at radius 2 is 1.84 bits per heavy atom. The molecule has 0 bridgehead atoms. The van der Waals surface area contributed by atoms with Gasteiger partial charge in [-0.3, -0.25) is 19.6 Å². The molecule has 1 aliphatic rings. The summed E-state index contributed by atoms with van der Waals surface area (Å²) in [6.07, 6.45) is -0.409. The molecule has 2 atom stereocenters. The zero-order valence-corrected chi connectivity index (χ0v) is 16.0. The third kappa shape index (κ3) is 7.62. The largest absolute Gasteiger partial charge is 0.383 e. The maximum atomic E-state index is 12.3. The molecule has 0 aliphatic heterocycles. The molecule has 1 fully saturated rings. The normalized spacial score (nSPS) is 17.0. The lowest BCUT2D eigenvalue weighted by molar-refractivity contribution is -0.177. The maximum Gasteiger partial charge on any atom is 0.275 e. The van der Waals surface area contributed by atoms with Crippen LogP contribution in [0.2, 0.25) is 0 Å². The average Bonchev–Trinajstić information content (AvgIpc) is 3.25. The van der Waals surface area contributed by atoms with Crippen molar-refractivity contribution in [3.8, 4) is 0 Å². The first-order chi connectivity index (χ1) is 11.4. The number of thiol groups is 1. The minimum Gasteiger partial charge on any atom is -0.383 e. The van der Waals surface area contributed by atoms with E-state index in [0.29, 0.717) is 5.06 Å². The number of hydroxylamine groups is 2. The molecule has 0 radical (unpaired) electrons. The van der Waals surface area contributed by atoms with Gasteiger partial charge in [0.15, 0.2) is 0 Å². The van der Waals surface area contributed by atoms with Crippen molar-refractivity contribution in [2.24, 2.45) is 5.92 Å². The number of carbonyl (C=O) groups excluding carboxylic acids is 3. The van der Waals surface area contributed by atoms with Crippen LogP contribution in [0.25, 0.3) is 0 Å². The Morgan fingerprint density at radius 3 is 2.28 bits per heavy atom. The van der Waals surface area contributed by atoms with Gasteiger partial charge in [-0.25, -0.2) is 5.06 Å². The Kier molecular flexibility index (Phi) is 7.70. The molecule has 1 saturated carbocycles. The second-order valence-corrected chi connectivity index (χ2v) is 8.62. The number of aliphatic hydroxyl groups is 1. The lowest BCUT2D eigenvalue weighted by Crippen LogP contribution is -2.56. The first-order valence-electron chi connectivity index (χ1n) is 8.42. The molecule has 1 rings (SSSR count). The van der Waals surface area contributed by atoms with Crippen molar-refractivity contribution in [2.45, 2.75) is 69.9 Å². The van der Waals surface area contributed by atoms with Crippen molar-refractivity contribution in [1.82, 2.24) is 15.7 Å². The monoisotopic (exact) mass is 375 g/mol. The summed E-state index contributed by atoms with van der Waals surface area (Å²) in [4.78, 5) is 36.2. The summed E-state index contributed by atoms with van der Waals surface area (Å²) in [6, 6.07) is -0.777. The van der Waals surface area contributed by atoms with Crippen molar-refractivity contribution < 1.29 is 24.7 Å². The van der Waals surface area contributed by atoms with E-state index in [1.807, 2.05) is 0 Å². The summed E-state index contributed by atoms with van der Waals surface area (Å²) in [7, 11) is 0. The fourth-order valence-electron chi connectivity index (χ4n) is 2.17. The van der Waals surface area contributed by atoms with Crippen LogP contribution in [0, 0.1) is 5.92 Å². The van der Waals surface area contributed by atoms with Gasteiger partial charge >= 0.3 is 0 Å². The maximum absolute atomic E-state index is 12.3. The molecule has 0 spiro atoms. The van der Waals surface area contributed by atoms with E-state index in [2.05, 4.69) is 23.3 Å². The van der Waals surface area contributed by atoms with E-state index < -0.39 is 35.1 Å². The van der Waals surface area contributed by atoms with Crippen molar-refractivity contribution in [3.05, 3.63) is 0 Å². The fraction of sp³-hybridized carbons (Fsp3) is 0.812. The topological polar surface area (TPSA) is 119 Å². The Balaban J connectivity index is 2.61. The van der Waals surface area contributed by atoms with Crippen LogP contribution in [-0.2, 0) is 14.4 Å². The highest BCUT2D eigenvalue weighted by molar-refractivity contribution is 7.81. The van der Waals surface area contributed by atoms with Gasteiger partial charge < -0.3 is 15.7 Å². The number of amides is 3. The number of nitrogens with one attached hydrogen (secondary N) is 2. The van der Waals surface area contributed by atoms with Crippen molar-refractivity contribution >= 4 is 30.4 Å². The van der Waals surface area contributed by atoms with Gasteiger partial charge in [0.1, 0.15) is 12.1 Å². The van der Waals surface area contributed by atoms with Crippen LogP contribution in [0.5, 0.6) is 0 Å².